The molecule has 3 nitrogen and oxygen atoms in total. The molecule has 29 heavy (non-hydrogen) atoms. The number of rotatable bonds is 6. The highest BCUT2D eigenvalue weighted by atomic mass is 32.2. The molecule has 0 spiro atoms. The van der Waals surface area contributed by atoms with Crippen molar-refractivity contribution in [2.24, 2.45) is 4.99 Å². The van der Waals surface area contributed by atoms with Crippen molar-refractivity contribution >= 4 is 34.6 Å². The minimum atomic E-state index is 0.0293. The second-order valence-corrected chi connectivity index (χ2v) is 7.81. The van der Waals surface area contributed by atoms with Crippen molar-refractivity contribution in [2.75, 3.05) is 6.54 Å². The number of carbonyl (C=O) groups is 1. The Morgan fingerprint density at radius 2 is 1.45 bits per heavy atom. The molecule has 1 amide bonds. The highest BCUT2D eigenvalue weighted by Crippen LogP contribution is 2.34. The fourth-order valence-electron chi connectivity index (χ4n) is 3.19. The molecule has 0 unspecified atom stereocenters. The molecule has 1 saturated heterocycles. The normalized spacial score (nSPS) is 16.7. The average Bonchev–Trinajstić information content (AvgIpc) is 3.05. The number of benzene rings is 3. The van der Waals surface area contributed by atoms with Crippen LogP contribution in [0.15, 0.2) is 101 Å². The highest BCUT2D eigenvalue weighted by Gasteiger charge is 2.33. The summed E-state index contributed by atoms with van der Waals surface area (Å²) in [5, 5.41) is 0.747. The molecule has 4 rings (SSSR count). The molecule has 0 radical (unpaired) electrons. The summed E-state index contributed by atoms with van der Waals surface area (Å²) < 4.78 is 0. The summed E-state index contributed by atoms with van der Waals surface area (Å²) in [5.74, 6) is 0.0293. The molecule has 1 aliphatic heterocycles. The van der Waals surface area contributed by atoms with E-state index in [9.17, 15) is 4.79 Å². The first-order valence-corrected chi connectivity index (χ1v) is 10.6. The molecular formula is C25H22N2OS. The Labute approximate surface area is 175 Å². The van der Waals surface area contributed by atoms with Crippen molar-refractivity contribution in [2.45, 2.75) is 12.8 Å². The number of hydrogen-bond donors (Lipinski definition) is 0. The van der Waals surface area contributed by atoms with E-state index in [-0.39, 0.29) is 5.91 Å². The lowest BCUT2D eigenvalue weighted by atomic mass is 10.1. The number of hydrogen-bond acceptors (Lipinski definition) is 3. The summed E-state index contributed by atoms with van der Waals surface area (Å²) in [6, 6.07) is 30.1. The third-order valence-electron chi connectivity index (χ3n) is 4.66. The van der Waals surface area contributed by atoms with Gasteiger partial charge in [-0.15, -0.1) is 0 Å². The van der Waals surface area contributed by atoms with Crippen LogP contribution in [0.1, 0.15) is 17.5 Å². The maximum Gasteiger partial charge on any atom is 0.266 e. The van der Waals surface area contributed by atoms with Crippen LogP contribution in [0, 0.1) is 0 Å². The SMILES string of the molecule is O=C1/C(=C/c2ccccc2)S/C(=N\c2ccccc2)N1CCCc1ccccc1. The molecule has 0 bridgehead atoms. The van der Waals surface area contributed by atoms with Gasteiger partial charge < -0.3 is 0 Å². The van der Waals surface area contributed by atoms with Gasteiger partial charge in [0, 0.05) is 6.54 Å². The minimum absolute atomic E-state index is 0.0293. The van der Waals surface area contributed by atoms with E-state index in [1.807, 2.05) is 77.7 Å². The van der Waals surface area contributed by atoms with Crippen molar-refractivity contribution in [3.63, 3.8) is 0 Å². The van der Waals surface area contributed by atoms with E-state index in [4.69, 9.17) is 4.99 Å². The summed E-state index contributed by atoms with van der Waals surface area (Å²) in [6.07, 6.45) is 3.78. The largest absolute Gasteiger partial charge is 0.286 e. The summed E-state index contributed by atoms with van der Waals surface area (Å²) in [4.78, 5) is 20.4. The maximum absolute atomic E-state index is 13.1. The zero-order chi connectivity index (χ0) is 19.9. The smallest absolute Gasteiger partial charge is 0.266 e. The van der Waals surface area contributed by atoms with Gasteiger partial charge in [-0.05, 0) is 53.9 Å². The zero-order valence-corrected chi connectivity index (χ0v) is 16.9. The van der Waals surface area contributed by atoms with E-state index < -0.39 is 0 Å². The number of amides is 1. The summed E-state index contributed by atoms with van der Waals surface area (Å²) >= 11 is 1.45. The van der Waals surface area contributed by atoms with Gasteiger partial charge in [0.15, 0.2) is 5.17 Å². The van der Waals surface area contributed by atoms with Crippen LogP contribution in [0.2, 0.25) is 0 Å². The Morgan fingerprint density at radius 3 is 2.14 bits per heavy atom. The Kier molecular flexibility index (Phi) is 6.22. The molecule has 1 heterocycles. The van der Waals surface area contributed by atoms with E-state index in [1.54, 1.807) is 0 Å². The molecule has 144 valence electrons. The van der Waals surface area contributed by atoms with Crippen LogP contribution in [0.4, 0.5) is 5.69 Å². The monoisotopic (exact) mass is 398 g/mol. The molecule has 0 N–H and O–H groups in total. The van der Waals surface area contributed by atoms with Crippen LogP contribution >= 0.6 is 11.8 Å². The van der Waals surface area contributed by atoms with Gasteiger partial charge in [-0.1, -0.05) is 78.9 Å². The maximum atomic E-state index is 13.1. The minimum Gasteiger partial charge on any atom is -0.286 e. The molecule has 1 aliphatic rings. The van der Waals surface area contributed by atoms with Crippen LogP contribution in [0.3, 0.4) is 0 Å². The molecular weight excluding hydrogens is 376 g/mol. The third kappa shape index (κ3) is 5.04. The van der Waals surface area contributed by atoms with E-state index in [0.29, 0.717) is 11.4 Å². The van der Waals surface area contributed by atoms with Crippen molar-refractivity contribution in [1.82, 2.24) is 4.90 Å². The van der Waals surface area contributed by atoms with E-state index in [1.165, 1.54) is 17.3 Å². The van der Waals surface area contributed by atoms with Crippen LogP contribution in [0.25, 0.3) is 6.08 Å². The summed E-state index contributed by atoms with van der Waals surface area (Å²) in [7, 11) is 0. The van der Waals surface area contributed by atoms with Crippen LogP contribution in [-0.4, -0.2) is 22.5 Å². The number of amidine groups is 1. The lowest BCUT2D eigenvalue weighted by molar-refractivity contribution is -0.122. The van der Waals surface area contributed by atoms with E-state index in [2.05, 4.69) is 24.3 Å². The molecule has 0 aromatic heterocycles. The fourth-order valence-corrected chi connectivity index (χ4v) is 4.21. The summed E-state index contributed by atoms with van der Waals surface area (Å²) in [5.41, 5.74) is 3.17. The Morgan fingerprint density at radius 1 is 0.828 bits per heavy atom. The number of thioether (sulfide) groups is 1. The van der Waals surface area contributed by atoms with Gasteiger partial charge in [0.1, 0.15) is 0 Å². The Balaban J connectivity index is 1.55. The molecule has 4 heteroatoms. The quantitative estimate of drug-likeness (QED) is 0.483. The topological polar surface area (TPSA) is 32.7 Å². The van der Waals surface area contributed by atoms with Gasteiger partial charge in [0.05, 0.1) is 10.6 Å². The standard InChI is InChI=1S/C25H22N2OS/c28-24-23(19-21-13-6-2-7-14-21)29-25(26-22-16-8-3-9-17-22)27(24)18-10-15-20-11-4-1-5-12-20/h1-9,11-14,16-17,19H,10,15,18H2/b23-19-,26-25-. The molecule has 0 aliphatic carbocycles. The zero-order valence-electron chi connectivity index (χ0n) is 16.1. The second-order valence-electron chi connectivity index (χ2n) is 6.80. The molecule has 0 saturated carbocycles. The van der Waals surface area contributed by atoms with Crippen LogP contribution in [0.5, 0.6) is 0 Å². The summed E-state index contributed by atoms with van der Waals surface area (Å²) in [6.45, 7) is 0.651. The van der Waals surface area contributed by atoms with Crippen LogP contribution in [-0.2, 0) is 11.2 Å². The molecule has 3 aromatic carbocycles. The second kappa shape index (κ2) is 9.39. The third-order valence-corrected chi connectivity index (χ3v) is 5.66. The predicted octanol–water partition coefficient (Wildman–Crippen LogP) is 5.92. The lowest BCUT2D eigenvalue weighted by Gasteiger charge is -2.15. The number of para-hydroxylation sites is 1. The van der Waals surface area contributed by atoms with Gasteiger partial charge >= 0.3 is 0 Å². The number of aliphatic imine (C=N–C) groups is 1. The highest BCUT2D eigenvalue weighted by molar-refractivity contribution is 8.18. The van der Waals surface area contributed by atoms with Gasteiger partial charge in [0.25, 0.3) is 5.91 Å². The van der Waals surface area contributed by atoms with Crippen LogP contribution < -0.4 is 0 Å². The van der Waals surface area contributed by atoms with Crippen molar-refractivity contribution < 1.29 is 4.79 Å². The Bertz CT molecular complexity index is 1010. The Hall–Kier alpha value is -3.11. The van der Waals surface area contributed by atoms with Gasteiger partial charge in [-0.2, -0.15) is 0 Å². The van der Waals surface area contributed by atoms with Gasteiger partial charge in [0.2, 0.25) is 0 Å². The number of aryl methyl sites for hydroxylation is 1. The predicted molar refractivity (Wildman–Crippen MR) is 122 cm³/mol. The average molecular weight is 399 g/mol. The fraction of sp³-hybridized carbons (Fsp3) is 0.120. The number of nitrogens with zero attached hydrogens (tertiary/aromatic N) is 2. The van der Waals surface area contributed by atoms with Gasteiger partial charge in [-0.3, -0.25) is 9.69 Å². The number of carbonyl (C=O) groups excluding carboxylic acids is 1. The lowest BCUT2D eigenvalue weighted by Crippen LogP contribution is -2.30. The van der Waals surface area contributed by atoms with Crippen molar-refractivity contribution in [3.05, 3.63) is 107 Å². The first-order chi connectivity index (χ1) is 14.3. The molecule has 1 fully saturated rings. The first kappa shape index (κ1) is 19.2. The van der Waals surface area contributed by atoms with E-state index >= 15 is 0 Å². The first-order valence-electron chi connectivity index (χ1n) is 9.74. The van der Waals surface area contributed by atoms with Crippen molar-refractivity contribution in [1.29, 1.82) is 0 Å². The van der Waals surface area contributed by atoms with E-state index in [0.717, 1.165) is 29.3 Å². The van der Waals surface area contributed by atoms with Gasteiger partial charge in [-0.25, -0.2) is 4.99 Å². The van der Waals surface area contributed by atoms with Crippen molar-refractivity contribution in [3.8, 4) is 0 Å². The molecule has 0 atom stereocenters. The molecule has 3 aromatic rings.